The van der Waals surface area contributed by atoms with Crippen LogP contribution in [0.5, 0.6) is 0 Å². The SMILES string of the molecule is NC(=O)c1ccc(N(c2ccccc2Cl)c2nc(Nc3ccc(C(=O)NN4CCC(CCN5CCN(c6ccc(C7CCC(=O)NC7=O)cn6)CC5)CC4)cc3)ncc2F)cc1. The highest BCUT2D eigenvalue weighted by molar-refractivity contribution is 6.33. The number of pyridine rings is 1. The summed E-state index contributed by atoms with van der Waals surface area (Å²) in [6.45, 7) is 6.25. The highest BCUT2D eigenvalue weighted by Crippen LogP contribution is 2.39. The van der Waals surface area contributed by atoms with Crippen LogP contribution in [0.4, 0.5) is 39.0 Å². The van der Waals surface area contributed by atoms with Crippen molar-refractivity contribution in [2.75, 3.05) is 60.9 Å². The van der Waals surface area contributed by atoms with E-state index in [1.807, 2.05) is 17.1 Å². The van der Waals surface area contributed by atoms with Crippen LogP contribution in [-0.2, 0) is 9.59 Å². The third-order valence-electron chi connectivity index (χ3n) is 11.7. The van der Waals surface area contributed by atoms with Gasteiger partial charge in [0.25, 0.3) is 5.91 Å². The number of carbonyl (C=O) groups is 4. The second-order valence-electron chi connectivity index (χ2n) is 15.7. The molecule has 1 atom stereocenters. The van der Waals surface area contributed by atoms with Crippen molar-refractivity contribution < 1.29 is 23.6 Å². The molecule has 3 fully saturated rings. The molecule has 3 saturated heterocycles. The van der Waals surface area contributed by atoms with Crippen LogP contribution < -0.4 is 31.6 Å². The number of rotatable bonds is 13. The predicted octanol–water partition coefficient (Wildman–Crippen LogP) is 6.07. The molecule has 4 amide bonds. The first-order chi connectivity index (χ1) is 30.1. The summed E-state index contributed by atoms with van der Waals surface area (Å²) in [4.78, 5) is 68.3. The van der Waals surface area contributed by atoms with Crippen molar-refractivity contribution in [1.82, 2.24) is 35.6 Å². The summed E-state index contributed by atoms with van der Waals surface area (Å²) in [6, 6.07) is 24.1. The molecule has 62 heavy (non-hydrogen) atoms. The molecule has 5 heterocycles. The van der Waals surface area contributed by atoms with Crippen LogP contribution >= 0.6 is 11.6 Å². The molecule has 15 nitrogen and oxygen atoms in total. The fourth-order valence-corrected chi connectivity index (χ4v) is 8.32. The lowest BCUT2D eigenvalue weighted by Gasteiger charge is -2.37. The van der Waals surface area contributed by atoms with Gasteiger partial charge in [0, 0.05) is 74.4 Å². The summed E-state index contributed by atoms with van der Waals surface area (Å²) in [7, 11) is 0. The minimum Gasteiger partial charge on any atom is -0.366 e. The Hall–Kier alpha value is -6.49. The van der Waals surface area contributed by atoms with Crippen LogP contribution in [0, 0.1) is 11.7 Å². The van der Waals surface area contributed by atoms with Crippen molar-refractivity contribution >= 4 is 69.9 Å². The number of amides is 4. The maximum absolute atomic E-state index is 15.5. The number of hydrazine groups is 1. The first-order valence-corrected chi connectivity index (χ1v) is 21.1. The van der Waals surface area contributed by atoms with Crippen molar-refractivity contribution in [2.45, 2.75) is 38.0 Å². The monoisotopic (exact) mass is 859 g/mol. The maximum atomic E-state index is 15.5. The molecule has 0 bridgehead atoms. The first kappa shape index (κ1) is 42.2. The fourth-order valence-electron chi connectivity index (χ4n) is 8.10. The molecule has 3 aromatic carbocycles. The lowest BCUT2D eigenvalue weighted by molar-refractivity contribution is -0.134. The third kappa shape index (κ3) is 9.99. The highest BCUT2D eigenvalue weighted by Gasteiger charge is 2.29. The van der Waals surface area contributed by atoms with Crippen LogP contribution in [0.3, 0.4) is 0 Å². The number of piperidine rings is 2. The van der Waals surface area contributed by atoms with Gasteiger partial charge in [-0.1, -0.05) is 29.8 Å². The van der Waals surface area contributed by atoms with E-state index in [9.17, 15) is 19.2 Å². The standard InChI is InChI=1S/C45H47ClFN11O4/c46-36-3-1-2-4-38(36)58(34-12-7-30(8-13-34)41(48)60)42-37(47)28-50-45(53-42)51-33-10-5-31(6-11-33)43(61)54-57-21-18-29(19-22-57)17-20-55-23-25-56(26-24-55)39-15-9-32(27-49-39)35-14-16-40(59)52-44(35)62/h1-13,15,27-29,35H,14,16-26H2,(H2,48,60)(H,54,61)(H,50,51,53)(H,52,59,62). The van der Waals surface area contributed by atoms with E-state index >= 15 is 4.39 Å². The number of piperazine rings is 1. The van der Waals surface area contributed by atoms with E-state index in [1.165, 1.54) is 4.90 Å². The summed E-state index contributed by atoms with van der Waals surface area (Å²) < 4.78 is 15.5. The van der Waals surface area contributed by atoms with Gasteiger partial charge >= 0.3 is 0 Å². The van der Waals surface area contributed by atoms with Gasteiger partial charge < -0.3 is 16.0 Å². The summed E-state index contributed by atoms with van der Waals surface area (Å²) >= 11 is 6.56. The zero-order chi connectivity index (χ0) is 43.2. The molecular weight excluding hydrogens is 813 g/mol. The molecule has 3 aliphatic heterocycles. The van der Waals surface area contributed by atoms with E-state index < -0.39 is 11.7 Å². The van der Waals surface area contributed by atoms with Crippen LogP contribution in [0.25, 0.3) is 0 Å². The molecule has 0 radical (unpaired) electrons. The molecule has 2 aromatic heterocycles. The smallest absolute Gasteiger partial charge is 0.265 e. The second-order valence-corrected chi connectivity index (χ2v) is 16.1. The van der Waals surface area contributed by atoms with E-state index in [0.717, 1.165) is 82.7 Å². The number of hydrogen-bond donors (Lipinski definition) is 4. The lowest BCUT2D eigenvalue weighted by Crippen LogP contribution is -2.48. The minimum atomic E-state index is -0.701. The predicted molar refractivity (Wildman–Crippen MR) is 234 cm³/mol. The number of halogens is 2. The molecule has 3 aliphatic rings. The van der Waals surface area contributed by atoms with Gasteiger partial charge in [0.05, 0.1) is 22.8 Å². The third-order valence-corrected chi connectivity index (χ3v) is 12.0. The number of primary amides is 1. The van der Waals surface area contributed by atoms with E-state index in [0.29, 0.717) is 52.0 Å². The fraction of sp³-hybridized carbons (Fsp3) is 0.311. The van der Waals surface area contributed by atoms with Gasteiger partial charge in [-0.15, -0.1) is 0 Å². The number of imide groups is 1. The van der Waals surface area contributed by atoms with Gasteiger partial charge in [0.1, 0.15) is 5.82 Å². The van der Waals surface area contributed by atoms with Crippen molar-refractivity contribution in [2.24, 2.45) is 11.7 Å². The number of aromatic nitrogens is 3. The van der Waals surface area contributed by atoms with Crippen LogP contribution in [0.15, 0.2) is 97.3 Å². The molecule has 17 heteroatoms. The van der Waals surface area contributed by atoms with Gasteiger partial charge in [-0.05, 0) is 110 Å². The number of nitrogens with zero attached hydrogens (tertiary/aromatic N) is 7. The van der Waals surface area contributed by atoms with Crippen molar-refractivity contribution in [3.63, 3.8) is 0 Å². The van der Waals surface area contributed by atoms with Crippen molar-refractivity contribution in [1.29, 1.82) is 0 Å². The Labute approximate surface area is 363 Å². The average Bonchev–Trinajstić information content (AvgIpc) is 3.28. The largest absolute Gasteiger partial charge is 0.366 e. The van der Waals surface area contributed by atoms with Gasteiger partial charge in [-0.2, -0.15) is 4.98 Å². The topological polar surface area (TPSA) is 182 Å². The Morgan fingerprint density at radius 3 is 2.26 bits per heavy atom. The number of anilines is 6. The van der Waals surface area contributed by atoms with Crippen LogP contribution in [-0.4, -0.2) is 94.3 Å². The molecule has 1 unspecified atom stereocenters. The van der Waals surface area contributed by atoms with Gasteiger partial charge in [-0.25, -0.2) is 19.4 Å². The molecular formula is C45H47ClFN11O4. The Morgan fingerprint density at radius 2 is 1.58 bits per heavy atom. The Morgan fingerprint density at radius 1 is 0.855 bits per heavy atom. The summed E-state index contributed by atoms with van der Waals surface area (Å²) in [5, 5.41) is 7.86. The lowest BCUT2D eigenvalue weighted by atomic mass is 9.92. The maximum Gasteiger partial charge on any atom is 0.265 e. The van der Waals surface area contributed by atoms with E-state index in [1.54, 1.807) is 79.0 Å². The molecule has 5 N–H and O–H groups in total. The highest BCUT2D eigenvalue weighted by atomic mass is 35.5. The number of nitrogens with two attached hydrogens (primary N) is 1. The van der Waals surface area contributed by atoms with E-state index in [-0.39, 0.29) is 35.4 Å². The van der Waals surface area contributed by atoms with Crippen molar-refractivity contribution in [3.8, 4) is 0 Å². The molecule has 8 rings (SSSR count). The molecule has 320 valence electrons. The van der Waals surface area contributed by atoms with Crippen molar-refractivity contribution in [3.05, 3.63) is 125 Å². The van der Waals surface area contributed by atoms with Gasteiger partial charge in [0.15, 0.2) is 11.6 Å². The summed E-state index contributed by atoms with van der Waals surface area (Å²) in [5.41, 5.74) is 11.7. The minimum absolute atomic E-state index is 0.0765. The number of benzene rings is 3. The second kappa shape index (κ2) is 19.1. The molecule has 5 aromatic rings. The number of carbonyl (C=O) groups excluding carboxylic acids is 4. The summed E-state index contributed by atoms with van der Waals surface area (Å²) in [6.07, 6.45) is 6.80. The number of hydrogen-bond acceptors (Lipinski definition) is 12. The number of nitrogens with one attached hydrogen (secondary N) is 3. The Bertz CT molecular complexity index is 2410. The van der Waals surface area contributed by atoms with E-state index in [2.05, 4.69) is 40.8 Å². The molecule has 0 saturated carbocycles. The van der Waals surface area contributed by atoms with Crippen LogP contribution in [0.1, 0.15) is 64.3 Å². The van der Waals surface area contributed by atoms with Gasteiger partial charge in [-0.3, -0.25) is 39.7 Å². The van der Waals surface area contributed by atoms with E-state index in [4.69, 9.17) is 17.3 Å². The zero-order valence-electron chi connectivity index (χ0n) is 34.0. The summed E-state index contributed by atoms with van der Waals surface area (Å²) in [5.74, 6) is -0.759. The zero-order valence-corrected chi connectivity index (χ0v) is 34.7. The van der Waals surface area contributed by atoms with Gasteiger partial charge in [0.2, 0.25) is 23.7 Å². The average molecular weight is 860 g/mol. The quantitative estimate of drug-likeness (QED) is 0.101. The first-order valence-electron chi connectivity index (χ1n) is 20.7. The van der Waals surface area contributed by atoms with Crippen LogP contribution in [0.2, 0.25) is 5.02 Å². The molecule has 0 aliphatic carbocycles. The Kier molecular flexibility index (Phi) is 13.0. The Balaban J connectivity index is 0.792. The normalized spacial score (nSPS) is 17.6. The molecule has 0 spiro atoms. The number of para-hydroxylation sites is 1.